The molecule has 0 bridgehead atoms. The molecule has 7 aromatic rings. The predicted molar refractivity (Wildman–Crippen MR) is 484 cm³/mol. The molecule has 0 unspecified atom stereocenters. The van der Waals surface area contributed by atoms with E-state index in [2.05, 4.69) is 138 Å². The van der Waals surface area contributed by atoms with Crippen LogP contribution in [0.5, 0.6) is 23.0 Å². The zero-order valence-corrected chi connectivity index (χ0v) is 73.9. The zero-order valence-electron chi connectivity index (χ0n) is 73.1. The molecule has 0 atom stereocenters. The molecule has 7 rings (SSSR count). The molecule has 0 aliphatic heterocycles. The Balaban J connectivity index is -0.000000422. The second kappa shape index (κ2) is 83.5. The van der Waals surface area contributed by atoms with Gasteiger partial charge in [0.05, 0.1) is 104 Å². The lowest BCUT2D eigenvalue weighted by Crippen LogP contribution is -2.01. The third-order valence-electron chi connectivity index (χ3n) is 12.4. The Hall–Kier alpha value is -16.0. The number of hydrogen-bond acceptors (Lipinski definition) is 26. The van der Waals surface area contributed by atoms with Crippen molar-refractivity contribution in [3.8, 4) is 94.0 Å². The zero-order chi connectivity index (χ0) is 94.2. The van der Waals surface area contributed by atoms with Crippen LogP contribution >= 0.6 is 11.3 Å². The minimum absolute atomic E-state index is 0.270. The van der Waals surface area contributed by atoms with E-state index in [-0.39, 0.29) is 54.4 Å². The highest BCUT2D eigenvalue weighted by Gasteiger charge is 2.05. The first-order valence-electron chi connectivity index (χ1n) is 35.8. The van der Waals surface area contributed by atoms with Crippen LogP contribution in [0.3, 0.4) is 0 Å². The molecule has 0 spiro atoms. The van der Waals surface area contributed by atoms with Gasteiger partial charge in [0, 0.05) is 58.9 Å². The van der Waals surface area contributed by atoms with Crippen LogP contribution in [-0.4, -0.2) is 159 Å². The monoisotopic (exact) mass is 1710 g/mol. The summed E-state index contributed by atoms with van der Waals surface area (Å²) in [6.07, 6.45) is 22.7. The molecule has 0 radical (unpaired) electrons. The van der Waals surface area contributed by atoms with Crippen molar-refractivity contribution in [1.29, 1.82) is 0 Å². The summed E-state index contributed by atoms with van der Waals surface area (Å²) >= 11 is 1.58. The summed E-state index contributed by atoms with van der Waals surface area (Å²) in [4.78, 5) is 107. The van der Waals surface area contributed by atoms with Crippen molar-refractivity contribution in [3.63, 3.8) is 0 Å². The molecular weight excluding hydrogens is 1610 g/mol. The molecule has 26 heteroatoms. The minimum atomic E-state index is -0.558. The van der Waals surface area contributed by atoms with Gasteiger partial charge in [-0.05, 0) is 226 Å². The van der Waals surface area contributed by atoms with Gasteiger partial charge >= 0.3 is 59.7 Å². The van der Waals surface area contributed by atoms with Gasteiger partial charge in [-0.1, -0.05) is 116 Å². The molecule has 124 heavy (non-hydrogen) atoms. The first kappa shape index (κ1) is 117. The molecule has 0 aliphatic carbocycles. The smallest absolute Gasteiger partial charge is 0.385 e. The van der Waals surface area contributed by atoms with Crippen LogP contribution < -0.4 is 18.9 Å². The van der Waals surface area contributed by atoms with E-state index >= 15 is 0 Å². The highest BCUT2D eigenvalue weighted by molar-refractivity contribution is 7.10. The van der Waals surface area contributed by atoms with Gasteiger partial charge in [-0.25, -0.2) is 47.9 Å². The lowest BCUT2D eigenvalue weighted by Gasteiger charge is -2.02. The van der Waals surface area contributed by atoms with Gasteiger partial charge in [0.2, 0.25) is 0 Å². The largest absolute Gasteiger partial charge is 0.497 e. The third kappa shape index (κ3) is 72.5. The SMILES string of the molecule is C=C(C)C(=O)OC.C=CC.C=CC(=O)OC.CC#CC#CC.CC#CC#CC(=O)OC.CC#CC#CCOc1ccc(C(=O)OC)cc1.COC(=O)/C=C/c1ccc(OC)cc1.COC(=O)/C=C/c1ccc(OC)cc1.COC(=O)/C=C/c1cccc(OC)c1.COC(=O)/C=C/c1ccccc1.COC(=O)/C=C/c1ccco1.COC(=O)/C=C/c1cccs1. The van der Waals surface area contributed by atoms with Crippen molar-refractivity contribution < 1.29 is 119 Å². The van der Waals surface area contributed by atoms with Crippen LogP contribution in [0.25, 0.3) is 36.5 Å². The van der Waals surface area contributed by atoms with Crippen molar-refractivity contribution in [2.45, 2.75) is 41.5 Å². The summed E-state index contributed by atoms with van der Waals surface area (Å²) in [6.45, 7) is 20.5. The summed E-state index contributed by atoms with van der Waals surface area (Å²) in [5, 5.41) is 1.96. The van der Waals surface area contributed by atoms with E-state index < -0.39 is 11.9 Å². The van der Waals surface area contributed by atoms with Gasteiger partial charge in [0.25, 0.3) is 0 Å². The van der Waals surface area contributed by atoms with E-state index in [9.17, 15) is 47.9 Å². The third-order valence-corrected chi connectivity index (χ3v) is 13.3. The van der Waals surface area contributed by atoms with E-state index in [1.807, 2.05) is 128 Å². The van der Waals surface area contributed by atoms with E-state index in [4.69, 9.17) is 23.4 Å². The standard InChI is InChI=1S/C14H12O3.3C11H12O3.C10H10O2.C8H8O3.C8H8O2S.C7H6O2.C6H6.C5H8O2.C4H6O2.C3H6/c1-3-4-5-6-11-17-13-9-7-12(8-10-13)14(15)16-2;2*1-13-10-6-3-9(4-7-10)5-8-11(12)14-2;1-13-10-5-3-4-9(8-10)6-7-11(12)14-2;1-12-10(11)8-7-9-5-3-2-4-6-9;2*1-10-8(9)5-4-7-3-2-6-11-7;1-3-4-5-6-7(8)9-2;1-3-5-6-4-2;1-4(2)5(6)7-3;1-3-4(5)6-2;1-3-2/h7-10H,11H2,1-2H3;3*3-8H,1-2H3;2-8H,1H3;2*2-6H,1H3;1-2H3;1-2H3;1H2,2-3H3;3H,1H2,2H3;3H,1H2,2H3/b;2*8-5+;7-6+;8-7+;2*5-4+;;;;;. The molecule has 0 saturated heterocycles. The Kier molecular flexibility index (Phi) is 78.5. The van der Waals surface area contributed by atoms with Crippen LogP contribution in [0, 0.1) is 71.0 Å². The number of hydrogen-bond donors (Lipinski definition) is 0. The van der Waals surface area contributed by atoms with Crippen LogP contribution in [0.1, 0.15) is 84.8 Å². The quantitative estimate of drug-likeness (QED) is 0.0171. The first-order chi connectivity index (χ1) is 59.6. The lowest BCUT2D eigenvalue weighted by molar-refractivity contribution is -0.136. The summed E-state index contributed by atoms with van der Waals surface area (Å²) in [7, 11) is 18.2. The van der Waals surface area contributed by atoms with Crippen LogP contribution in [-0.2, 0) is 90.5 Å². The normalized spacial score (nSPS) is 8.80. The number of methoxy groups -OCH3 is 13. The number of furan rings is 1. The fourth-order valence-corrected chi connectivity index (χ4v) is 7.14. The van der Waals surface area contributed by atoms with Gasteiger partial charge in [-0.3, -0.25) is 0 Å². The number of carbonyl (C=O) groups is 10. The number of rotatable bonds is 20. The number of carbonyl (C=O) groups excluding carboxylic acids is 10. The predicted octanol–water partition coefficient (Wildman–Crippen LogP) is 16.3. The summed E-state index contributed by atoms with van der Waals surface area (Å²) in [6, 6.07) is 45.8. The lowest BCUT2D eigenvalue weighted by atomic mass is 10.2. The van der Waals surface area contributed by atoms with Gasteiger partial charge < -0.3 is 70.7 Å². The number of benzene rings is 5. The molecule has 25 nitrogen and oxygen atoms in total. The highest BCUT2D eigenvalue weighted by atomic mass is 32.1. The fourth-order valence-electron chi connectivity index (χ4n) is 6.52. The Bertz CT molecular complexity index is 4710. The minimum Gasteiger partial charge on any atom is -0.497 e. The topological polar surface area (TPSA) is 313 Å². The maximum absolute atomic E-state index is 11.2. The number of thiophene rings is 1. The second-order valence-electron chi connectivity index (χ2n) is 21.2. The van der Waals surface area contributed by atoms with E-state index in [1.54, 1.807) is 146 Å². The fraction of sp³-hybridized carbons (Fsp3) is 0.204. The Morgan fingerprint density at radius 2 is 0.782 bits per heavy atom. The van der Waals surface area contributed by atoms with E-state index in [0.717, 1.165) is 50.5 Å². The Labute approximate surface area is 732 Å². The number of allylic oxidation sites excluding steroid dienone is 1. The van der Waals surface area contributed by atoms with Gasteiger partial charge in [-0.2, -0.15) is 0 Å². The average Bonchev–Trinajstić information content (AvgIpc) is 1.48. The average molecular weight is 1720 g/mol. The maximum atomic E-state index is 11.2. The Morgan fingerprint density at radius 1 is 0.387 bits per heavy atom. The van der Waals surface area contributed by atoms with Crippen molar-refractivity contribution in [2.75, 3.05) is 99.0 Å². The molecule has 2 aromatic heterocycles. The highest BCUT2D eigenvalue weighted by Crippen LogP contribution is 2.17. The van der Waals surface area contributed by atoms with Crippen LogP contribution in [0.2, 0.25) is 0 Å². The number of ether oxygens (including phenoxy) is 14. The van der Waals surface area contributed by atoms with E-state index in [1.165, 1.54) is 114 Å². The molecule has 2 heterocycles. The molecule has 0 N–H and O–H groups in total. The van der Waals surface area contributed by atoms with Gasteiger partial charge in [0.15, 0.2) is 0 Å². The van der Waals surface area contributed by atoms with Crippen molar-refractivity contribution in [3.05, 3.63) is 276 Å². The van der Waals surface area contributed by atoms with Crippen LogP contribution in [0.15, 0.2) is 242 Å². The summed E-state index contributed by atoms with van der Waals surface area (Å²) in [5.41, 5.74) is 4.66. The second-order valence-corrected chi connectivity index (χ2v) is 22.1. The van der Waals surface area contributed by atoms with Crippen molar-refractivity contribution >= 4 is 107 Å². The molecule has 0 fully saturated rings. The summed E-state index contributed by atoms with van der Waals surface area (Å²) < 4.78 is 69.2. The maximum Gasteiger partial charge on any atom is 0.385 e. The van der Waals surface area contributed by atoms with Crippen molar-refractivity contribution in [1.82, 2.24) is 0 Å². The van der Waals surface area contributed by atoms with Gasteiger partial charge in [-0.15, -0.1) is 17.9 Å². The van der Waals surface area contributed by atoms with Crippen LogP contribution in [0.4, 0.5) is 0 Å². The van der Waals surface area contributed by atoms with Crippen molar-refractivity contribution in [2.24, 2.45) is 0 Å². The first-order valence-corrected chi connectivity index (χ1v) is 36.7. The summed E-state index contributed by atoms with van der Waals surface area (Å²) in [5.74, 6) is 30.3. The van der Waals surface area contributed by atoms with E-state index in [0.29, 0.717) is 22.6 Å². The molecule has 0 saturated carbocycles. The molecular formula is C98H106O25S. The molecule has 5 aromatic carbocycles. The Morgan fingerprint density at radius 3 is 1.13 bits per heavy atom. The van der Waals surface area contributed by atoms with Gasteiger partial charge in [0.1, 0.15) is 35.4 Å². The molecule has 654 valence electrons. The molecule has 0 aliphatic rings. The number of esters is 10. The molecule has 0 amide bonds.